The zero-order valence-corrected chi connectivity index (χ0v) is 38.9. The summed E-state index contributed by atoms with van der Waals surface area (Å²) in [6, 6.07) is 14.7. The topological polar surface area (TPSA) is 127 Å². The molecule has 0 radical (unpaired) electrons. The number of piperidine rings is 1. The molecule has 8 rings (SSSR count). The van der Waals surface area contributed by atoms with Crippen LogP contribution in [0.25, 0.3) is 22.0 Å². The second kappa shape index (κ2) is 18.0. The Morgan fingerprint density at radius 3 is 2.16 bits per heavy atom. The molecule has 4 aromatic rings. The quantitative estimate of drug-likeness (QED) is 0.0939. The zero-order chi connectivity index (χ0) is 43.0. The van der Waals surface area contributed by atoms with Crippen LogP contribution >= 0.6 is 11.3 Å². The first-order valence-electron chi connectivity index (χ1n) is 23.4. The van der Waals surface area contributed by atoms with Crippen molar-refractivity contribution >= 4 is 22.5 Å². The monoisotopic (exact) mass is 853 g/mol. The van der Waals surface area contributed by atoms with E-state index in [1.165, 1.54) is 40.7 Å². The van der Waals surface area contributed by atoms with E-state index < -0.39 is 0 Å². The van der Waals surface area contributed by atoms with Gasteiger partial charge in [-0.15, -0.1) is 15.3 Å². The molecule has 0 bridgehead atoms. The highest BCUT2D eigenvalue weighted by Gasteiger charge is 2.46. The molecule has 332 valence electrons. The van der Waals surface area contributed by atoms with Crippen LogP contribution in [-0.2, 0) is 21.7 Å². The molecule has 2 aromatic carbocycles. The van der Waals surface area contributed by atoms with E-state index >= 15 is 0 Å². The summed E-state index contributed by atoms with van der Waals surface area (Å²) in [7, 11) is 0. The summed E-state index contributed by atoms with van der Waals surface area (Å²) in [6.45, 7) is 24.5. The summed E-state index contributed by atoms with van der Waals surface area (Å²) in [5.74, 6) is 0.558. The van der Waals surface area contributed by atoms with Gasteiger partial charge in [0.2, 0.25) is 11.0 Å². The minimum atomic E-state index is -0.353. The Balaban J connectivity index is 0.797. The number of rotatable bonds is 16. The first-order valence-corrected chi connectivity index (χ1v) is 24.2. The van der Waals surface area contributed by atoms with Crippen molar-refractivity contribution in [2.75, 3.05) is 68.8 Å². The maximum atomic E-state index is 11.5. The Kier molecular flexibility index (Phi) is 13.0. The fourth-order valence-corrected chi connectivity index (χ4v) is 12.0. The molecule has 2 aromatic heterocycles. The van der Waals surface area contributed by atoms with Crippen molar-refractivity contribution in [1.82, 2.24) is 30.6 Å². The van der Waals surface area contributed by atoms with Crippen LogP contribution in [0.15, 0.2) is 40.8 Å². The fraction of sp³-hybridized carbons (Fsp3) is 0.673. The van der Waals surface area contributed by atoms with Gasteiger partial charge in [0, 0.05) is 63.0 Å². The Hall–Kier alpha value is -3.42. The van der Waals surface area contributed by atoms with Gasteiger partial charge in [0.05, 0.1) is 6.10 Å². The van der Waals surface area contributed by atoms with Gasteiger partial charge in [-0.2, -0.15) is 0 Å². The molecule has 4 aliphatic rings. The molecule has 2 aliphatic carbocycles. The van der Waals surface area contributed by atoms with Crippen LogP contribution in [0.4, 0.5) is 11.1 Å². The molecular weight excluding hydrogens is 781 g/mol. The van der Waals surface area contributed by atoms with E-state index in [9.17, 15) is 5.11 Å². The van der Waals surface area contributed by atoms with Crippen molar-refractivity contribution in [1.29, 1.82) is 0 Å². The largest absolute Gasteiger partial charge is 0.403 e. The van der Waals surface area contributed by atoms with Gasteiger partial charge in [-0.05, 0) is 146 Å². The first-order chi connectivity index (χ1) is 29.1. The van der Waals surface area contributed by atoms with Crippen LogP contribution in [0, 0.1) is 0 Å². The third-order valence-electron chi connectivity index (χ3n) is 14.8. The molecule has 2 aliphatic heterocycles. The maximum absolute atomic E-state index is 11.5. The Morgan fingerprint density at radius 1 is 0.738 bits per heavy atom. The molecule has 0 spiro atoms. The molecule has 11 nitrogen and oxygen atoms in total. The van der Waals surface area contributed by atoms with E-state index in [4.69, 9.17) is 9.52 Å². The van der Waals surface area contributed by atoms with E-state index in [2.05, 4.69) is 125 Å². The molecule has 12 heteroatoms. The van der Waals surface area contributed by atoms with E-state index in [0.717, 1.165) is 126 Å². The number of hydrogen-bond acceptors (Lipinski definition) is 12. The summed E-state index contributed by atoms with van der Waals surface area (Å²) >= 11 is 1.72. The number of aliphatic hydroxyl groups is 2. The second-order valence-electron chi connectivity index (χ2n) is 21.0. The van der Waals surface area contributed by atoms with Gasteiger partial charge in [-0.1, -0.05) is 83.1 Å². The minimum Gasteiger partial charge on any atom is -0.403 e. The molecule has 0 amide bonds. The molecule has 61 heavy (non-hydrogen) atoms. The Labute approximate surface area is 368 Å². The van der Waals surface area contributed by atoms with E-state index in [1.54, 1.807) is 11.3 Å². The van der Waals surface area contributed by atoms with Crippen molar-refractivity contribution in [3.05, 3.63) is 58.7 Å². The molecular formula is C49H72N8O3S. The number of aliphatic hydroxyl groups excluding tert-OH is 2. The second-order valence-corrected chi connectivity index (χ2v) is 22.0. The highest BCUT2D eigenvalue weighted by molar-refractivity contribution is 7.18. The fourth-order valence-electron chi connectivity index (χ4n) is 11.1. The van der Waals surface area contributed by atoms with E-state index in [0.29, 0.717) is 17.9 Å². The predicted octanol–water partition coefficient (Wildman–Crippen LogP) is 8.62. The van der Waals surface area contributed by atoms with Gasteiger partial charge in [0.25, 0.3) is 0 Å². The van der Waals surface area contributed by atoms with Gasteiger partial charge in [0.15, 0.2) is 0 Å². The van der Waals surface area contributed by atoms with Gasteiger partial charge in [-0.3, -0.25) is 4.90 Å². The number of unbranched alkanes of at least 4 members (excludes halogenated alkanes) is 2. The summed E-state index contributed by atoms with van der Waals surface area (Å²) in [4.78, 5) is 7.18. The van der Waals surface area contributed by atoms with Crippen LogP contribution in [0.1, 0.15) is 141 Å². The Bertz CT molecular complexity index is 2100. The summed E-state index contributed by atoms with van der Waals surface area (Å²) in [5, 5.41) is 44.5. The molecule has 2 saturated heterocycles. The molecule has 2 atom stereocenters. The molecule has 4 heterocycles. The molecule has 0 saturated carbocycles. The van der Waals surface area contributed by atoms with Gasteiger partial charge in [0.1, 0.15) is 5.01 Å². The lowest BCUT2D eigenvalue weighted by Crippen LogP contribution is -2.46. The first kappa shape index (κ1) is 44.2. The SMILES string of the molecule is CC1(C)CCC(C)(C)c2cc(-c3nnc(N4CCN(CCCCC(O)CC5(C)CC(C)(C)c6ccc(-c7nnc(N8CCC(NCCCCO)CC8)o7)cc65)CC4)s3)ccc21. The van der Waals surface area contributed by atoms with Crippen molar-refractivity contribution in [3.63, 3.8) is 0 Å². The number of benzene rings is 2. The lowest BCUT2D eigenvalue weighted by Gasteiger charge is -2.42. The Morgan fingerprint density at radius 2 is 1.43 bits per heavy atom. The van der Waals surface area contributed by atoms with Crippen LogP contribution < -0.4 is 15.1 Å². The number of hydrogen-bond donors (Lipinski definition) is 3. The predicted molar refractivity (Wildman–Crippen MR) is 248 cm³/mol. The number of anilines is 2. The van der Waals surface area contributed by atoms with Crippen LogP contribution in [0.2, 0.25) is 0 Å². The minimum absolute atomic E-state index is 0.0207. The van der Waals surface area contributed by atoms with E-state index in [-0.39, 0.29) is 34.4 Å². The lowest BCUT2D eigenvalue weighted by molar-refractivity contribution is 0.117. The average molecular weight is 853 g/mol. The number of fused-ring (bicyclic) bond motifs is 2. The van der Waals surface area contributed by atoms with Gasteiger partial charge in [-0.25, -0.2) is 0 Å². The molecule has 2 unspecified atom stereocenters. The van der Waals surface area contributed by atoms with Crippen molar-refractivity contribution in [3.8, 4) is 22.0 Å². The van der Waals surface area contributed by atoms with Crippen LogP contribution in [0.5, 0.6) is 0 Å². The van der Waals surface area contributed by atoms with Crippen molar-refractivity contribution in [2.24, 2.45) is 0 Å². The smallest absolute Gasteiger partial charge is 0.318 e. The number of nitrogens with zero attached hydrogens (tertiary/aromatic N) is 7. The summed E-state index contributed by atoms with van der Waals surface area (Å²) in [6.07, 6.45) is 10.7. The third kappa shape index (κ3) is 9.74. The standard InChI is InChI=1S/C49H72N8O3S/c1-46(2)19-20-47(3,4)40-31-35(14-16-38(40)46)43-52-54-45(61-43)57-27-25-55(26-28-57)22-10-8-12-37(59)32-49(7)33-48(5,6)39-15-13-34(30-41(39)49)42-51-53-44(60-42)56-23-17-36(18-24-56)50-21-9-11-29-58/h13-16,30-31,36-37,50,58-59H,8-12,17-29,32-33H2,1-7H3. The summed E-state index contributed by atoms with van der Waals surface area (Å²) in [5.41, 5.74) is 8.01. The number of nitrogens with one attached hydrogen (secondary N) is 1. The van der Waals surface area contributed by atoms with Crippen molar-refractivity contribution < 1.29 is 14.6 Å². The lowest BCUT2D eigenvalue weighted by atomic mass is 9.63. The third-order valence-corrected chi connectivity index (χ3v) is 15.8. The summed E-state index contributed by atoms with van der Waals surface area (Å²) < 4.78 is 6.30. The van der Waals surface area contributed by atoms with Gasteiger partial charge >= 0.3 is 6.01 Å². The molecule has 3 N–H and O–H groups in total. The number of aromatic nitrogens is 4. The van der Waals surface area contributed by atoms with Crippen LogP contribution in [-0.4, -0.2) is 107 Å². The van der Waals surface area contributed by atoms with Crippen LogP contribution in [0.3, 0.4) is 0 Å². The maximum Gasteiger partial charge on any atom is 0.318 e. The average Bonchev–Trinajstić information content (AvgIpc) is 3.98. The zero-order valence-electron chi connectivity index (χ0n) is 38.1. The molecule has 2 fully saturated rings. The highest BCUT2D eigenvalue weighted by atomic mass is 32.1. The van der Waals surface area contributed by atoms with Crippen molar-refractivity contribution in [2.45, 2.75) is 153 Å². The van der Waals surface area contributed by atoms with Gasteiger partial charge < -0.3 is 29.7 Å². The normalized spacial score (nSPS) is 23.0. The highest BCUT2D eigenvalue weighted by Crippen LogP contribution is 2.53. The number of piperazine rings is 1. The van der Waals surface area contributed by atoms with E-state index in [1.807, 2.05) is 0 Å².